The van der Waals surface area contributed by atoms with Crippen LogP contribution in [0.25, 0.3) is 0 Å². The van der Waals surface area contributed by atoms with Crippen molar-refractivity contribution in [2.24, 2.45) is 0 Å². The summed E-state index contributed by atoms with van der Waals surface area (Å²) in [5.74, 6) is 0.283. The van der Waals surface area contributed by atoms with Crippen LogP contribution in [0.2, 0.25) is 0 Å². The van der Waals surface area contributed by atoms with Crippen LogP contribution in [0.4, 0.5) is 5.69 Å². The number of benzene rings is 2. The summed E-state index contributed by atoms with van der Waals surface area (Å²) >= 11 is 0. The molecule has 0 atom stereocenters. The monoisotopic (exact) mass is 327 g/mol. The first-order valence-corrected chi connectivity index (χ1v) is 7.64. The second kappa shape index (κ2) is 7.50. The molecule has 1 N–H and O–H groups in total. The quantitative estimate of drug-likeness (QED) is 0.874. The maximum atomic E-state index is 11.9. The van der Waals surface area contributed by atoms with Gasteiger partial charge in [-0.05, 0) is 24.3 Å². The van der Waals surface area contributed by atoms with Gasteiger partial charge in [0.2, 0.25) is 0 Å². The largest absolute Gasteiger partial charge is 0.490 e. The van der Waals surface area contributed by atoms with Crippen LogP contribution in [-0.4, -0.2) is 31.7 Å². The molecule has 0 saturated heterocycles. The van der Waals surface area contributed by atoms with Crippen molar-refractivity contribution in [3.63, 3.8) is 0 Å². The summed E-state index contributed by atoms with van der Waals surface area (Å²) in [6, 6.07) is 13.7. The molecule has 1 heterocycles. The molecule has 0 radical (unpaired) electrons. The van der Waals surface area contributed by atoms with Gasteiger partial charge in [0.05, 0.1) is 18.8 Å². The average Bonchev–Trinajstić information content (AvgIpc) is 2.85. The smallest absolute Gasteiger partial charge is 0.338 e. The first kappa shape index (κ1) is 15.9. The Labute approximate surface area is 139 Å². The highest BCUT2D eigenvalue weighted by Gasteiger charge is 2.13. The van der Waals surface area contributed by atoms with E-state index in [1.54, 1.807) is 48.5 Å². The van der Waals surface area contributed by atoms with Crippen LogP contribution >= 0.6 is 0 Å². The first-order chi connectivity index (χ1) is 11.7. The summed E-state index contributed by atoms with van der Waals surface area (Å²) < 4.78 is 16.1. The maximum absolute atomic E-state index is 11.9. The molecule has 2 aromatic rings. The van der Waals surface area contributed by atoms with Gasteiger partial charge in [-0.2, -0.15) is 0 Å². The van der Waals surface area contributed by atoms with E-state index in [0.29, 0.717) is 36.0 Å². The van der Waals surface area contributed by atoms with Crippen LogP contribution < -0.4 is 14.8 Å². The van der Waals surface area contributed by atoms with Gasteiger partial charge in [-0.1, -0.05) is 18.2 Å². The molecule has 0 fully saturated rings. The summed E-state index contributed by atoms with van der Waals surface area (Å²) in [6.07, 6.45) is 0.811. The number of esters is 1. The third-order valence-electron chi connectivity index (χ3n) is 3.38. The summed E-state index contributed by atoms with van der Waals surface area (Å²) in [5.41, 5.74) is 0.959. The van der Waals surface area contributed by atoms with Crippen molar-refractivity contribution in [3.8, 4) is 11.5 Å². The number of rotatable bonds is 4. The molecule has 1 aliphatic heterocycles. The highest BCUT2D eigenvalue weighted by Crippen LogP contribution is 2.32. The molecule has 24 heavy (non-hydrogen) atoms. The number of hydrogen-bond donors (Lipinski definition) is 1. The standard InChI is InChI=1S/C18H17NO5/c20-17(12-24-18(21)13-5-2-1-3-6-13)19-14-7-8-15-16(11-14)23-10-4-9-22-15/h1-3,5-8,11H,4,9-10,12H2,(H,19,20). The second-order valence-corrected chi connectivity index (χ2v) is 5.20. The van der Waals surface area contributed by atoms with E-state index in [9.17, 15) is 9.59 Å². The predicted molar refractivity (Wildman–Crippen MR) is 87.4 cm³/mol. The van der Waals surface area contributed by atoms with E-state index in [1.165, 1.54) is 0 Å². The van der Waals surface area contributed by atoms with E-state index < -0.39 is 11.9 Å². The zero-order valence-corrected chi connectivity index (χ0v) is 13.0. The topological polar surface area (TPSA) is 73.9 Å². The van der Waals surface area contributed by atoms with Gasteiger partial charge in [-0.25, -0.2) is 4.79 Å². The van der Waals surface area contributed by atoms with Gasteiger partial charge in [0, 0.05) is 18.2 Å². The fraction of sp³-hybridized carbons (Fsp3) is 0.222. The fourth-order valence-electron chi connectivity index (χ4n) is 2.23. The number of nitrogens with one attached hydrogen (secondary N) is 1. The lowest BCUT2D eigenvalue weighted by atomic mass is 10.2. The van der Waals surface area contributed by atoms with Crippen LogP contribution in [0, 0.1) is 0 Å². The van der Waals surface area contributed by atoms with Crippen LogP contribution in [0.15, 0.2) is 48.5 Å². The highest BCUT2D eigenvalue weighted by molar-refractivity contribution is 5.95. The Balaban J connectivity index is 1.55. The van der Waals surface area contributed by atoms with Gasteiger partial charge in [0.25, 0.3) is 5.91 Å². The highest BCUT2D eigenvalue weighted by atomic mass is 16.5. The molecule has 6 nitrogen and oxygen atoms in total. The van der Waals surface area contributed by atoms with E-state index in [4.69, 9.17) is 14.2 Å². The molecule has 0 saturated carbocycles. The maximum Gasteiger partial charge on any atom is 0.338 e. The molecular weight excluding hydrogens is 310 g/mol. The van der Waals surface area contributed by atoms with E-state index in [1.807, 2.05) is 0 Å². The molecule has 6 heteroatoms. The lowest BCUT2D eigenvalue weighted by molar-refractivity contribution is -0.119. The Bertz CT molecular complexity index is 729. The molecule has 0 unspecified atom stereocenters. The van der Waals surface area contributed by atoms with Crippen molar-refractivity contribution >= 4 is 17.6 Å². The van der Waals surface area contributed by atoms with Crippen molar-refractivity contribution in [2.75, 3.05) is 25.1 Å². The molecule has 2 aromatic carbocycles. The number of carbonyl (C=O) groups is 2. The molecular formula is C18H17NO5. The van der Waals surface area contributed by atoms with Gasteiger partial charge in [0.1, 0.15) is 0 Å². The van der Waals surface area contributed by atoms with Crippen LogP contribution in [0.3, 0.4) is 0 Å². The molecule has 0 aromatic heterocycles. The molecule has 0 bridgehead atoms. The number of anilines is 1. The number of ether oxygens (including phenoxy) is 3. The Kier molecular flexibility index (Phi) is 4.96. The van der Waals surface area contributed by atoms with Crippen molar-refractivity contribution in [3.05, 3.63) is 54.1 Å². The summed E-state index contributed by atoms with van der Waals surface area (Å²) in [5, 5.41) is 2.67. The van der Waals surface area contributed by atoms with E-state index in [-0.39, 0.29) is 6.61 Å². The van der Waals surface area contributed by atoms with Gasteiger partial charge in [-0.15, -0.1) is 0 Å². The third kappa shape index (κ3) is 4.04. The number of fused-ring (bicyclic) bond motifs is 1. The van der Waals surface area contributed by atoms with E-state index in [0.717, 1.165) is 6.42 Å². The van der Waals surface area contributed by atoms with Crippen LogP contribution in [0.1, 0.15) is 16.8 Å². The lowest BCUT2D eigenvalue weighted by Crippen LogP contribution is -2.20. The number of hydrogen-bond acceptors (Lipinski definition) is 5. The normalized spacial score (nSPS) is 12.8. The number of amides is 1. The minimum absolute atomic E-state index is 0.359. The predicted octanol–water partition coefficient (Wildman–Crippen LogP) is 2.64. The van der Waals surface area contributed by atoms with Crippen LogP contribution in [0.5, 0.6) is 11.5 Å². The van der Waals surface area contributed by atoms with Gasteiger partial charge in [-0.3, -0.25) is 4.79 Å². The SMILES string of the molecule is O=C(COC(=O)c1ccccc1)Nc1ccc2c(c1)OCCCO2. The van der Waals surface area contributed by atoms with Gasteiger partial charge in [0.15, 0.2) is 18.1 Å². The Morgan fingerprint density at radius 2 is 1.75 bits per heavy atom. The summed E-state index contributed by atoms with van der Waals surface area (Å²) in [7, 11) is 0. The lowest BCUT2D eigenvalue weighted by Gasteiger charge is -2.10. The minimum Gasteiger partial charge on any atom is -0.490 e. The Hall–Kier alpha value is -3.02. The van der Waals surface area contributed by atoms with Crippen molar-refractivity contribution < 1.29 is 23.8 Å². The van der Waals surface area contributed by atoms with Crippen LogP contribution in [-0.2, 0) is 9.53 Å². The average molecular weight is 327 g/mol. The molecule has 0 aliphatic carbocycles. The minimum atomic E-state index is -0.538. The van der Waals surface area contributed by atoms with Gasteiger partial charge < -0.3 is 19.5 Å². The van der Waals surface area contributed by atoms with Crippen molar-refractivity contribution in [1.82, 2.24) is 0 Å². The molecule has 1 aliphatic rings. The fourth-order valence-corrected chi connectivity index (χ4v) is 2.23. The molecule has 0 spiro atoms. The number of carbonyl (C=O) groups excluding carboxylic acids is 2. The Morgan fingerprint density at radius 3 is 2.54 bits per heavy atom. The second-order valence-electron chi connectivity index (χ2n) is 5.20. The molecule has 3 rings (SSSR count). The summed E-state index contributed by atoms with van der Waals surface area (Å²) in [4.78, 5) is 23.7. The molecule has 124 valence electrons. The van der Waals surface area contributed by atoms with E-state index >= 15 is 0 Å². The summed E-state index contributed by atoms with van der Waals surface area (Å²) in [6.45, 7) is 0.815. The zero-order valence-electron chi connectivity index (χ0n) is 13.0. The van der Waals surface area contributed by atoms with Crippen molar-refractivity contribution in [1.29, 1.82) is 0 Å². The van der Waals surface area contributed by atoms with Crippen molar-refractivity contribution in [2.45, 2.75) is 6.42 Å². The molecule has 1 amide bonds. The van der Waals surface area contributed by atoms with Gasteiger partial charge >= 0.3 is 5.97 Å². The zero-order chi connectivity index (χ0) is 16.8. The van der Waals surface area contributed by atoms with E-state index in [2.05, 4.69) is 5.32 Å². The third-order valence-corrected chi connectivity index (χ3v) is 3.38. The first-order valence-electron chi connectivity index (χ1n) is 7.64. The Morgan fingerprint density at radius 1 is 1.00 bits per heavy atom.